The molecule has 0 unspecified atom stereocenters. The summed E-state index contributed by atoms with van der Waals surface area (Å²) in [6.45, 7) is 2.78. The van der Waals surface area contributed by atoms with E-state index in [4.69, 9.17) is 4.74 Å². The van der Waals surface area contributed by atoms with Crippen LogP contribution in [0.4, 0.5) is 5.69 Å². The fraction of sp³-hybridized carbons (Fsp3) is 0.286. The number of nitrogens with zero attached hydrogens (tertiary/aromatic N) is 3. The number of amides is 1. The Morgan fingerprint density at radius 2 is 2.04 bits per heavy atom. The van der Waals surface area contributed by atoms with E-state index in [0.717, 1.165) is 49.6 Å². The van der Waals surface area contributed by atoms with Gasteiger partial charge < -0.3 is 10.1 Å². The Bertz CT molecular complexity index is 933. The van der Waals surface area contributed by atoms with Gasteiger partial charge >= 0.3 is 0 Å². The topological polar surface area (TPSA) is 67.3 Å². The van der Waals surface area contributed by atoms with Crippen LogP contribution in [0.2, 0.25) is 0 Å². The minimum atomic E-state index is -0.155. The summed E-state index contributed by atoms with van der Waals surface area (Å²) in [7, 11) is 1.69. The van der Waals surface area contributed by atoms with E-state index in [-0.39, 0.29) is 5.91 Å². The Kier molecular flexibility index (Phi) is 5.64. The van der Waals surface area contributed by atoms with Gasteiger partial charge in [0.25, 0.3) is 5.91 Å². The summed E-state index contributed by atoms with van der Waals surface area (Å²) in [4.78, 5) is 24.7. The first-order valence-electron chi connectivity index (χ1n) is 9.26. The van der Waals surface area contributed by atoms with Crippen LogP contribution in [0.1, 0.15) is 25.9 Å². The van der Waals surface area contributed by atoms with Crippen LogP contribution >= 0.6 is 11.3 Å². The number of anilines is 1. The maximum absolute atomic E-state index is 12.5. The van der Waals surface area contributed by atoms with Crippen LogP contribution in [-0.2, 0) is 19.4 Å². The lowest BCUT2D eigenvalue weighted by molar-refractivity contribution is 0.102. The monoisotopic (exact) mass is 394 g/mol. The van der Waals surface area contributed by atoms with Crippen molar-refractivity contribution in [2.45, 2.75) is 19.4 Å². The molecule has 0 spiro atoms. The molecule has 1 aliphatic rings. The zero-order valence-electron chi connectivity index (χ0n) is 15.7. The average Bonchev–Trinajstić information content (AvgIpc) is 3.05. The number of thiazole rings is 1. The molecule has 3 aromatic rings. The van der Waals surface area contributed by atoms with Crippen molar-refractivity contribution in [1.29, 1.82) is 0 Å². The number of hydrogen-bond donors (Lipinski definition) is 1. The number of carbonyl (C=O) groups excluding carboxylic acids is 1. The van der Waals surface area contributed by atoms with Crippen molar-refractivity contribution in [3.8, 4) is 5.75 Å². The lowest BCUT2D eigenvalue weighted by Crippen LogP contribution is -2.26. The second-order valence-electron chi connectivity index (χ2n) is 6.71. The molecule has 0 bridgehead atoms. The van der Waals surface area contributed by atoms with Crippen molar-refractivity contribution >= 4 is 22.9 Å². The molecular formula is C21H22N4O2S. The van der Waals surface area contributed by atoms with Crippen LogP contribution in [-0.4, -0.2) is 41.0 Å². The van der Waals surface area contributed by atoms with E-state index in [9.17, 15) is 4.79 Å². The molecule has 144 valence electrons. The number of pyridine rings is 1. The zero-order chi connectivity index (χ0) is 19.3. The SMILES string of the molecule is COc1cccc(CN2CCc3nc(C(=O)Nc4ccncc4)sc3CC2)c1. The lowest BCUT2D eigenvalue weighted by atomic mass is 10.2. The van der Waals surface area contributed by atoms with Crippen LogP contribution in [0.25, 0.3) is 0 Å². The van der Waals surface area contributed by atoms with Crippen molar-refractivity contribution in [3.63, 3.8) is 0 Å². The molecule has 0 saturated carbocycles. The molecule has 0 aliphatic carbocycles. The van der Waals surface area contributed by atoms with Crippen LogP contribution < -0.4 is 10.1 Å². The zero-order valence-corrected chi connectivity index (χ0v) is 16.5. The molecule has 4 rings (SSSR count). The van der Waals surface area contributed by atoms with E-state index in [0.29, 0.717) is 5.01 Å². The molecule has 1 aliphatic heterocycles. The van der Waals surface area contributed by atoms with Crippen LogP contribution in [0.15, 0.2) is 48.8 Å². The number of hydrogen-bond acceptors (Lipinski definition) is 6. The molecule has 3 heterocycles. The average molecular weight is 395 g/mol. The van der Waals surface area contributed by atoms with Gasteiger partial charge in [0, 0.05) is 49.0 Å². The van der Waals surface area contributed by atoms with Gasteiger partial charge in [0.15, 0.2) is 5.01 Å². The van der Waals surface area contributed by atoms with Gasteiger partial charge in [0.05, 0.1) is 12.8 Å². The summed E-state index contributed by atoms with van der Waals surface area (Å²) in [5.41, 5.74) is 3.03. The van der Waals surface area contributed by atoms with E-state index >= 15 is 0 Å². The van der Waals surface area contributed by atoms with Crippen molar-refractivity contribution in [2.75, 3.05) is 25.5 Å². The summed E-state index contributed by atoms with van der Waals surface area (Å²) in [6.07, 6.45) is 5.09. The Hall–Kier alpha value is -2.77. The van der Waals surface area contributed by atoms with Crippen LogP contribution in [0.5, 0.6) is 5.75 Å². The molecule has 7 heteroatoms. The van der Waals surface area contributed by atoms with Crippen LogP contribution in [0, 0.1) is 0 Å². The Labute approximate surface area is 168 Å². The highest BCUT2D eigenvalue weighted by atomic mass is 32.1. The predicted octanol–water partition coefficient (Wildman–Crippen LogP) is 3.40. The second kappa shape index (κ2) is 8.50. The molecular weight excluding hydrogens is 372 g/mol. The van der Waals surface area contributed by atoms with E-state index < -0.39 is 0 Å². The Morgan fingerprint density at radius 3 is 2.86 bits per heavy atom. The van der Waals surface area contributed by atoms with Crippen molar-refractivity contribution < 1.29 is 9.53 Å². The van der Waals surface area contributed by atoms with Gasteiger partial charge in [-0.2, -0.15) is 0 Å². The van der Waals surface area contributed by atoms with Gasteiger partial charge in [0.1, 0.15) is 5.75 Å². The molecule has 0 atom stereocenters. The number of methoxy groups -OCH3 is 1. The molecule has 6 nitrogen and oxygen atoms in total. The largest absolute Gasteiger partial charge is 0.497 e. The molecule has 0 fully saturated rings. The molecule has 0 saturated heterocycles. The standard InChI is InChI=1S/C21H22N4O2S/c1-27-17-4-2-3-15(13-17)14-25-11-7-18-19(8-12-25)28-21(24-18)20(26)23-16-5-9-22-10-6-16/h2-6,9-10,13H,7-8,11-12,14H2,1H3,(H,22,23,26). The third kappa shape index (κ3) is 4.37. The maximum Gasteiger partial charge on any atom is 0.284 e. The molecule has 2 aromatic heterocycles. The number of ether oxygens (including phenoxy) is 1. The van der Waals surface area contributed by atoms with Gasteiger partial charge in [-0.1, -0.05) is 12.1 Å². The van der Waals surface area contributed by atoms with E-state index in [1.807, 2.05) is 12.1 Å². The maximum atomic E-state index is 12.5. The summed E-state index contributed by atoms with van der Waals surface area (Å²) >= 11 is 1.50. The van der Waals surface area contributed by atoms with Crippen molar-refractivity contribution in [3.05, 3.63) is 69.9 Å². The Balaban J connectivity index is 1.39. The summed E-state index contributed by atoms with van der Waals surface area (Å²) in [6, 6.07) is 11.7. The predicted molar refractivity (Wildman–Crippen MR) is 110 cm³/mol. The van der Waals surface area contributed by atoms with Crippen molar-refractivity contribution in [2.24, 2.45) is 0 Å². The van der Waals surface area contributed by atoms with Crippen LogP contribution in [0.3, 0.4) is 0 Å². The fourth-order valence-electron chi connectivity index (χ4n) is 3.31. The molecule has 1 amide bonds. The first kappa shape index (κ1) is 18.6. The number of nitrogens with one attached hydrogen (secondary N) is 1. The second-order valence-corrected chi connectivity index (χ2v) is 7.79. The highest BCUT2D eigenvalue weighted by Crippen LogP contribution is 2.25. The highest BCUT2D eigenvalue weighted by Gasteiger charge is 2.21. The van der Waals surface area contributed by atoms with E-state index in [2.05, 4.69) is 32.3 Å². The molecule has 28 heavy (non-hydrogen) atoms. The minimum absolute atomic E-state index is 0.155. The van der Waals surface area contributed by atoms with Gasteiger partial charge in [-0.05, 0) is 36.2 Å². The summed E-state index contributed by atoms with van der Waals surface area (Å²) in [5, 5.41) is 3.41. The number of fused-ring (bicyclic) bond motifs is 1. The Morgan fingerprint density at radius 1 is 1.21 bits per heavy atom. The van der Waals surface area contributed by atoms with Gasteiger partial charge in [-0.25, -0.2) is 4.98 Å². The first-order chi connectivity index (χ1) is 13.7. The number of benzene rings is 1. The van der Waals surface area contributed by atoms with E-state index in [1.165, 1.54) is 21.8 Å². The molecule has 0 radical (unpaired) electrons. The summed E-state index contributed by atoms with van der Waals surface area (Å²) in [5.74, 6) is 0.732. The van der Waals surface area contributed by atoms with Gasteiger partial charge in [-0.3, -0.25) is 14.7 Å². The third-order valence-electron chi connectivity index (χ3n) is 4.77. The minimum Gasteiger partial charge on any atom is -0.497 e. The number of aromatic nitrogens is 2. The number of carbonyl (C=O) groups is 1. The lowest BCUT2D eigenvalue weighted by Gasteiger charge is -2.20. The van der Waals surface area contributed by atoms with Gasteiger partial charge in [0.2, 0.25) is 0 Å². The summed E-state index contributed by atoms with van der Waals surface area (Å²) < 4.78 is 5.32. The fourth-order valence-corrected chi connectivity index (χ4v) is 4.31. The number of rotatable bonds is 5. The normalized spacial score (nSPS) is 14.2. The van der Waals surface area contributed by atoms with E-state index in [1.54, 1.807) is 31.6 Å². The van der Waals surface area contributed by atoms with Gasteiger partial charge in [-0.15, -0.1) is 11.3 Å². The highest BCUT2D eigenvalue weighted by molar-refractivity contribution is 7.13. The smallest absolute Gasteiger partial charge is 0.284 e. The van der Waals surface area contributed by atoms with Crippen molar-refractivity contribution in [1.82, 2.24) is 14.9 Å². The molecule has 1 N–H and O–H groups in total. The molecule has 1 aromatic carbocycles. The first-order valence-corrected chi connectivity index (χ1v) is 10.1. The quantitative estimate of drug-likeness (QED) is 0.718. The third-order valence-corrected chi connectivity index (χ3v) is 5.93.